The van der Waals surface area contributed by atoms with Gasteiger partial charge in [-0.15, -0.1) is 0 Å². The zero-order chi connectivity index (χ0) is 23.1. The minimum atomic E-state index is -6.24. The van der Waals surface area contributed by atoms with E-state index in [-0.39, 0.29) is 12.6 Å². The van der Waals surface area contributed by atoms with E-state index in [9.17, 15) is 52.7 Å². The van der Waals surface area contributed by atoms with Crippen molar-refractivity contribution in [1.29, 1.82) is 0 Å². The molecule has 29 heavy (non-hydrogen) atoms. The van der Waals surface area contributed by atoms with Crippen molar-refractivity contribution in [3.05, 3.63) is 11.8 Å². The van der Waals surface area contributed by atoms with Crippen LogP contribution in [0.15, 0.2) is 11.8 Å². The molecule has 0 amide bonds. The van der Waals surface area contributed by atoms with Crippen LogP contribution in [0.1, 0.15) is 40.0 Å². The van der Waals surface area contributed by atoms with Crippen molar-refractivity contribution in [2.24, 2.45) is 0 Å². The first-order chi connectivity index (χ1) is 12.6. The Bertz CT molecular complexity index is 651. The van der Waals surface area contributed by atoms with Crippen molar-refractivity contribution in [3.8, 4) is 0 Å². The van der Waals surface area contributed by atoms with Crippen LogP contribution < -0.4 is 0 Å². The Morgan fingerprint density at radius 3 is 1.52 bits per heavy atom. The predicted octanol–water partition coefficient (Wildman–Crippen LogP) is 6.11. The summed E-state index contributed by atoms with van der Waals surface area (Å²) in [6, 6.07) is 0. The van der Waals surface area contributed by atoms with E-state index in [4.69, 9.17) is 0 Å². The van der Waals surface area contributed by atoms with Crippen molar-refractivity contribution in [2.75, 3.05) is 0 Å². The molecule has 0 unspecified atom stereocenters. The molecule has 0 atom stereocenters. The maximum atomic E-state index is 13.9. The lowest BCUT2D eigenvalue weighted by Gasteiger charge is -2.49. The molecule has 2 nitrogen and oxygen atoms in total. The number of rotatable bonds is 2. The topological polar surface area (TPSA) is 6.48 Å². The maximum absolute atomic E-state index is 13.9. The van der Waals surface area contributed by atoms with Gasteiger partial charge in [0.15, 0.2) is 0 Å². The Labute approximate surface area is 157 Å². The fourth-order valence-electron chi connectivity index (χ4n) is 4.31. The van der Waals surface area contributed by atoms with Crippen molar-refractivity contribution < 1.29 is 52.7 Å². The second-order valence-corrected chi connectivity index (χ2v) is 7.61. The van der Waals surface area contributed by atoms with Crippen LogP contribution >= 0.6 is 0 Å². The third kappa shape index (κ3) is 2.83. The normalized spacial score (nSPS) is 24.7. The Morgan fingerprint density at radius 2 is 1.21 bits per heavy atom. The molecule has 1 fully saturated rings. The monoisotopic (exact) mass is 452 g/mol. The van der Waals surface area contributed by atoms with Crippen LogP contribution in [0.3, 0.4) is 0 Å². The molecule has 0 spiro atoms. The first kappa shape index (κ1) is 23.9. The Morgan fingerprint density at radius 1 is 0.793 bits per heavy atom. The van der Waals surface area contributed by atoms with Gasteiger partial charge >= 0.3 is 24.7 Å². The van der Waals surface area contributed by atoms with Gasteiger partial charge in [0.1, 0.15) is 0 Å². The molecule has 0 saturated carbocycles. The first-order valence-corrected chi connectivity index (χ1v) is 8.20. The average molecular weight is 452 g/mol. The number of alkyl halides is 12. The minimum Gasteiger partial charge on any atom is -0.288 e. The maximum Gasteiger partial charge on any atom is 0.422 e. The highest BCUT2D eigenvalue weighted by molar-refractivity contribution is 5.37. The minimum absolute atomic E-state index is 0.278. The number of fused-ring (bicyclic) bond motifs is 1. The highest BCUT2D eigenvalue weighted by Crippen LogP contribution is 2.67. The van der Waals surface area contributed by atoms with Crippen molar-refractivity contribution in [2.45, 2.75) is 81.4 Å². The van der Waals surface area contributed by atoms with Crippen LogP contribution in [0, 0.1) is 0 Å². The summed E-state index contributed by atoms with van der Waals surface area (Å²) in [6.45, 7) is 2.14. The summed E-state index contributed by atoms with van der Waals surface area (Å²) in [4.78, 5) is 0. The summed E-state index contributed by atoms with van der Waals surface area (Å²) in [5.41, 5.74) is -14.4. The quantitative estimate of drug-likeness (QED) is 0.467. The number of nitrogens with zero attached hydrogens (tertiary/aromatic N) is 2. The number of hydrogen-bond donors (Lipinski definition) is 0. The molecule has 2 aliphatic rings. The third-order valence-corrected chi connectivity index (χ3v) is 5.21. The standard InChI is InChI=1S/C15H16F12N2/c1-4-5-8-6-28-10(12(16,17)18,13(19,20)21)7-9(2,3)29(28)11(8,14(22,23)24)15(25,26)27/h6H,4-5,7H2,1-3H3. The fraction of sp³-hybridized carbons (Fsp3) is 0.867. The smallest absolute Gasteiger partial charge is 0.288 e. The molecule has 2 aliphatic heterocycles. The molecule has 0 radical (unpaired) electrons. The van der Waals surface area contributed by atoms with Gasteiger partial charge in [0.05, 0.1) is 0 Å². The van der Waals surface area contributed by atoms with Crippen LogP contribution in [-0.2, 0) is 0 Å². The van der Waals surface area contributed by atoms with Gasteiger partial charge in [0.2, 0.25) is 5.54 Å². The Balaban J connectivity index is 2.99. The SMILES string of the molecule is CCCC1=CN2N(C(C)(C)CC2(C(F)(F)F)C(F)(F)F)C1(C(F)(F)F)C(F)(F)F. The van der Waals surface area contributed by atoms with E-state index in [2.05, 4.69) is 0 Å². The Hall–Kier alpha value is -1.34. The Kier molecular flexibility index (Phi) is 5.03. The lowest BCUT2D eigenvalue weighted by molar-refractivity contribution is -0.380. The van der Waals surface area contributed by atoms with E-state index >= 15 is 0 Å². The van der Waals surface area contributed by atoms with Crippen molar-refractivity contribution in [3.63, 3.8) is 0 Å². The van der Waals surface area contributed by atoms with E-state index < -0.39 is 69.8 Å². The predicted molar refractivity (Wildman–Crippen MR) is 75.0 cm³/mol. The van der Waals surface area contributed by atoms with E-state index in [1.54, 1.807) is 0 Å². The number of hydrazine groups is 1. The van der Waals surface area contributed by atoms with Gasteiger partial charge < -0.3 is 0 Å². The summed E-state index contributed by atoms with van der Waals surface area (Å²) in [7, 11) is 0. The second-order valence-electron chi connectivity index (χ2n) is 7.61. The first-order valence-electron chi connectivity index (χ1n) is 8.20. The van der Waals surface area contributed by atoms with Crippen LogP contribution in [0.5, 0.6) is 0 Å². The van der Waals surface area contributed by atoms with Crippen molar-refractivity contribution in [1.82, 2.24) is 10.0 Å². The molecule has 0 N–H and O–H groups in total. The summed E-state index contributed by atoms with van der Waals surface area (Å²) < 4.78 is 166. The molecule has 0 aromatic heterocycles. The van der Waals surface area contributed by atoms with Crippen LogP contribution in [-0.4, -0.2) is 51.3 Å². The summed E-state index contributed by atoms with van der Waals surface area (Å²) in [5, 5.41) is -1.76. The zero-order valence-electron chi connectivity index (χ0n) is 15.1. The number of hydrogen-bond acceptors (Lipinski definition) is 2. The van der Waals surface area contributed by atoms with Crippen LogP contribution in [0.2, 0.25) is 0 Å². The van der Waals surface area contributed by atoms with Gasteiger partial charge in [-0.2, -0.15) is 57.7 Å². The molecular weight excluding hydrogens is 436 g/mol. The average Bonchev–Trinajstić information content (AvgIpc) is 2.89. The van der Waals surface area contributed by atoms with Crippen molar-refractivity contribution >= 4 is 0 Å². The molecule has 2 heterocycles. The van der Waals surface area contributed by atoms with E-state index in [0.29, 0.717) is 13.8 Å². The second kappa shape index (κ2) is 6.10. The fourth-order valence-corrected chi connectivity index (χ4v) is 4.31. The molecule has 0 aromatic rings. The third-order valence-electron chi connectivity index (χ3n) is 5.21. The molecule has 14 heteroatoms. The molecule has 170 valence electrons. The number of halogens is 12. The van der Waals surface area contributed by atoms with Gasteiger partial charge in [-0.1, -0.05) is 13.3 Å². The summed E-state index contributed by atoms with van der Waals surface area (Å²) >= 11 is 0. The highest BCUT2D eigenvalue weighted by atomic mass is 19.4. The zero-order valence-corrected chi connectivity index (χ0v) is 15.1. The van der Waals surface area contributed by atoms with Crippen LogP contribution in [0.4, 0.5) is 52.7 Å². The molecule has 0 aliphatic carbocycles. The summed E-state index contributed by atoms with van der Waals surface area (Å²) in [6.07, 6.45) is -28.6. The van der Waals surface area contributed by atoms with Gasteiger partial charge in [0.25, 0.3) is 5.54 Å². The molecular formula is C15H16F12N2. The lowest BCUT2D eigenvalue weighted by atomic mass is 9.79. The van der Waals surface area contributed by atoms with Gasteiger partial charge in [-0.05, 0) is 25.8 Å². The highest BCUT2D eigenvalue weighted by Gasteiger charge is 2.88. The van der Waals surface area contributed by atoms with Gasteiger partial charge in [-0.25, -0.2) is 0 Å². The lowest BCUT2D eigenvalue weighted by Crippen LogP contribution is -2.72. The molecule has 2 rings (SSSR count). The summed E-state index contributed by atoms with van der Waals surface area (Å²) in [5.74, 6) is 0. The van der Waals surface area contributed by atoms with Crippen LogP contribution in [0.25, 0.3) is 0 Å². The molecule has 0 aromatic carbocycles. The van der Waals surface area contributed by atoms with E-state index in [0.717, 1.165) is 6.92 Å². The molecule has 0 bridgehead atoms. The molecule has 1 saturated heterocycles. The van der Waals surface area contributed by atoms with E-state index in [1.165, 1.54) is 0 Å². The van der Waals surface area contributed by atoms with Gasteiger partial charge in [0, 0.05) is 18.2 Å². The van der Waals surface area contributed by atoms with Gasteiger partial charge in [-0.3, -0.25) is 5.01 Å². The van der Waals surface area contributed by atoms with E-state index in [1.807, 2.05) is 0 Å². The largest absolute Gasteiger partial charge is 0.422 e.